The lowest BCUT2D eigenvalue weighted by Gasteiger charge is -2.07. The van der Waals surface area contributed by atoms with E-state index in [-0.39, 0.29) is 16.9 Å². The van der Waals surface area contributed by atoms with Gasteiger partial charge < -0.3 is 10.2 Å². The van der Waals surface area contributed by atoms with E-state index in [4.69, 9.17) is 11.6 Å². The molecule has 60 valence electrons. The second-order valence-electron chi connectivity index (χ2n) is 2.33. The number of phenols is 2. The van der Waals surface area contributed by atoms with Crippen molar-refractivity contribution in [2.24, 2.45) is 0 Å². The molecule has 0 aliphatic heterocycles. The Kier molecular flexibility index (Phi) is 2.25. The summed E-state index contributed by atoms with van der Waals surface area (Å²) < 4.78 is 0. The van der Waals surface area contributed by atoms with E-state index in [1.807, 2.05) is 0 Å². The molecule has 0 fully saturated rings. The Balaban J connectivity index is 3.21. The van der Waals surface area contributed by atoms with Gasteiger partial charge in [0.05, 0.1) is 10.9 Å². The molecule has 1 aromatic rings. The molecule has 2 N–H and O–H groups in total. The van der Waals surface area contributed by atoms with Gasteiger partial charge in [0.1, 0.15) is 11.5 Å². The molecule has 0 aromatic heterocycles. The molecule has 0 bridgehead atoms. The van der Waals surface area contributed by atoms with E-state index in [1.165, 1.54) is 12.1 Å². The molecule has 3 heteroatoms. The molecule has 0 aliphatic carbocycles. The van der Waals surface area contributed by atoms with E-state index in [2.05, 4.69) is 0 Å². The summed E-state index contributed by atoms with van der Waals surface area (Å²) in [6.45, 7) is 1.69. The van der Waals surface area contributed by atoms with Crippen molar-refractivity contribution in [3.63, 3.8) is 0 Å². The van der Waals surface area contributed by atoms with E-state index in [0.29, 0.717) is 5.56 Å². The van der Waals surface area contributed by atoms with Gasteiger partial charge in [-0.1, -0.05) is 6.07 Å². The van der Waals surface area contributed by atoms with Gasteiger partial charge in [0.2, 0.25) is 0 Å². The molecule has 0 spiro atoms. The average Bonchev–Trinajstić information content (AvgIpc) is 1.85. The molecule has 11 heavy (non-hydrogen) atoms. The van der Waals surface area contributed by atoms with E-state index in [0.717, 1.165) is 0 Å². The molecule has 0 saturated carbocycles. The quantitative estimate of drug-likeness (QED) is 0.639. The largest absolute Gasteiger partial charge is 0.507 e. The number of hydrogen-bond acceptors (Lipinski definition) is 2. The van der Waals surface area contributed by atoms with Gasteiger partial charge in [-0.05, 0) is 19.1 Å². The fourth-order valence-electron chi connectivity index (χ4n) is 0.949. The van der Waals surface area contributed by atoms with Crippen LogP contribution in [0.25, 0.3) is 0 Å². The summed E-state index contributed by atoms with van der Waals surface area (Å²) in [6.07, 6.45) is 0. The van der Waals surface area contributed by atoms with Crippen LogP contribution in [0, 0.1) is 0 Å². The van der Waals surface area contributed by atoms with Crippen LogP contribution in [0.15, 0.2) is 18.2 Å². The average molecular weight is 173 g/mol. The first-order chi connectivity index (χ1) is 5.13. The highest BCUT2D eigenvalue weighted by atomic mass is 35.5. The topological polar surface area (TPSA) is 40.5 Å². The van der Waals surface area contributed by atoms with Gasteiger partial charge >= 0.3 is 0 Å². The highest BCUT2D eigenvalue weighted by molar-refractivity contribution is 6.21. The monoisotopic (exact) mass is 172 g/mol. The van der Waals surface area contributed by atoms with Crippen LogP contribution in [0.3, 0.4) is 0 Å². The van der Waals surface area contributed by atoms with Crippen molar-refractivity contribution < 1.29 is 10.2 Å². The summed E-state index contributed by atoms with van der Waals surface area (Å²) in [5.74, 6) is 0.0694. The molecule has 2 nitrogen and oxygen atoms in total. The van der Waals surface area contributed by atoms with Gasteiger partial charge in [-0.25, -0.2) is 0 Å². The van der Waals surface area contributed by atoms with E-state index in [1.54, 1.807) is 13.0 Å². The minimum atomic E-state index is -0.379. The van der Waals surface area contributed by atoms with Crippen molar-refractivity contribution in [1.29, 1.82) is 0 Å². The summed E-state index contributed by atoms with van der Waals surface area (Å²) in [7, 11) is 0. The molecule has 0 radical (unpaired) electrons. The lowest BCUT2D eigenvalue weighted by atomic mass is 10.1. The normalized spacial score (nSPS) is 12.9. The van der Waals surface area contributed by atoms with Gasteiger partial charge in [0, 0.05) is 0 Å². The maximum Gasteiger partial charge on any atom is 0.123 e. The van der Waals surface area contributed by atoms with Crippen molar-refractivity contribution in [2.75, 3.05) is 0 Å². The van der Waals surface area contributed by atoms with Crippen molar-refractivity contribution in [2.45, 2.75) is 12.3 Å². The summed E-state index contributed by atoms with van der Waals surface area (Å²) in [5, 5.41) is 18.1. The Morgan fingerprint density at radius 1 is 1.27 bits per heavy atom. The number of rotatable bonds is 1. The van der Waals surface area contributed by atoms with Gasteiger partial charge in [-0.2, -0.15) is 0 Å². The minimum absolute atomic E-state index is 0.0347. The molecular weight excluding hydrogens is 164 g/mol. The van der Waals surface area contributed by atoms with E-state index in [9.17, 15) is 10.2 Å². The number of phenolic OH excluding ortho intramolecular Hbond substituents is 2. The molecule has 0 heterocycles. The van der Waals surface area contributed by atoms with E-state index >= 15 is 0 Å². The SMILES string of the molecule is CC(Cl)c1c(O)cccc1O. The van der Waals surface area contributed by atoms with Gasteiger partial charge in [0.25, 0.3) is 0 Å². The summed E-state index contributed by atoms with van der Waals surface area (Å²) >= 11 is 5.69. The van der Waals surface area contributed by atoms with Crippen molar-refractivity contribution >= 4 is 11.6 Å². The van der Waals surface area contributed by atoms with Crippen LogP contribution in [0.5, 0.6) is 11.5 Å². The zero-order valence-electron chi connectivity index (χ0n) is 6.08. The fraction of sp³-hybridized carbons (Fsp3) is 0.250. The number of aromatic hydroxyl groups is 2. The van der Waals surface area contributed by atoms with Crippen molar-refractivity contribution in [3.05, 3.63) is 23.8 Å². The molecule has 1 atom stereocenters. The predicted molar refractivity (Wildman–Crippen MR) is 44.0 cm³/mol. The number of hydrogen-bond donors (Lipinski definition) is 2. The Morgan fingerprint density at radius 3 is 2.00 bits per heavy atom. The first kappa shape index (κ1) is 8.21. The standard InChI is InChI=1S/C8H9ClO2/c1-5(9)8-6(10)3-2-4-7(8)11/h2-5,10-11H,1H3. The summed E-state index contributed by atoms with van der Waals surface area (Å²) in [5.41, 5.74) is 0.383. The molecule has 1 aromatic carbocycles. The van der Waals surface area contributed by atoms with Crippen LogP contribution in [-0.2, 0) is 0 Å². The van der Waals surface area contributed by atoms with Crippen LogP contribution >= 0.6 is 11.6 Å². The minimum Gasteiger partial charge on any atom is -0.507 e. The maximum absolute atomic E-state index is 9.22. The fourth-order valence-corrected chi connectivity index (χ4v) is 1.17. The third-order valence-corrected chi connectivity index (χ3v) is 1.68. The smallest absolute Gasteiger partial charge is 0.123 e. The Hall–Kier alpha value is -0.890. The van der Waals surface area contributed by atoms with Gasteiger partial charge in [-0.15, -0.1) is 11.6 Å². The van der Waals surface area contributed by atoms with Crippen LogP contribution < -0.4 is 0 Å². The predicted octanol–water partition coefficient (Wildman–Crippen LogP) is 2.40. The van der Waals surface area contributed by atoms with Crippen LogP contribution in [-0.4, -0.2) is 10.2 Å². The number of alkyl halides is 1. The molecule has 0 saturated heterocycles. The summed E-state index contributed by atoms with van der Waals surface area (Å²) in [6, 6.07) is 4.55. The first-order valence-electron chi connectivity index (χ1n) is 3.28. The Bertz CT molecular complexity index is 238. The number of benzene rings is 1. The lowest BCUT2D eigenvalue weighted by Crippen LogP contribution is -1.85. The molecule has 0 amide bonds. The second-order valence-corrected chi connectivity index (χ2v) is 2.98. The highest BCUT2D eigenvalue weighted by Gasteiger charge is 2.11. The Morgan fingerprint density at radius 2 is 1.73 bits per heavy atom. The third kappa shape index (κ3) is 1.57. The third-order valence-electron chi connectivity index (χ3n) is 1.46. The first-order valence-corrected chi connectivity index (χ1v) is 3.71. The number of halogens is 1. The zero-order chi connectivity index (χ0) is 8.43. The van der Waals surface area contributed by atoms with Crippen molar-refractivity contribution in [3.8, 4) is 11.5 Å². The highest BCUT2D eigenvalue weighted by Crippen LogP contribution is 2.35. The van der Waals surface area contributed by atoms with Crippen LogP contribution in [0.1, 0.15) is 17.9 Å². The molecular formula is C8H9ClO2. The molecule has 1 unspecified atom stereocenters. The van der Waals surface area contributed by atoms with Crippen molar-refractivity contribution in [1.82, 2.24) is 0 Å². The second kappa shape index (κ2) is 3.01. The lowest BCUT2D eigenvalue weighted by molar-refractivity contribution is 0.438. The van der Waals surface area contributed by atoms with Gasteiger partial charge in [0.15, 0.2) is 0 Å². The molecule has 0 aliphatic rings. The van der Waals surface area contributed by atoms with E-state index < -0.39 is 0 Å². The maximum atomic E-state index is 9.22. The van der Waals surface area contributed by atoms with Crippen LogP contribution in [0.2, 0.25) is 0 Å². The summed E-state index contributed by atoms with van der Waals surface area (Å²) in [4.78, 5) is 0. The van der Waals surface area contributed by atoms with Gasteiger partial charge in [-0.3, -0.25) is 0 Å². The molecule has 1 rings (SSSR count). The van der Waals surface area contributed by atoms with Crippen LogP contribution in [0.4, 0.5) is 0 Å². The Labute approximate surface area is 70.1 Å². The zero-order valence-corrected chi connectivity index (χ0v) is 6.84.